The van der Waals surface area contributed by atoms with E-state index in [4.69, 9.17) is 0 Å². The Bertz CT molecular complexity index is 1390. The summed E-state index contributed by atoms with van der Waals surface area (Å²) in [7, 11) is 0. The van der Waals surface area contributed by atoms with Gasteiger partial charge in [-0.3, -0.25) is 9.59 Å². The first-order chi connectivity index (χ1) is 16.6. The molecule has 3 saturated heterocycles. The highest BCUT2D eigenvalue weighted by Crippen LogP contribution is 2.43. The number of rotatable bonds is 4. The number of amides is 4. The van der Waals surface area contributed by atoms with Gasteiger partial charge in [-0.05, 0) is 18.6 Å². The first-order valence-corrected chi connectivity index (χ1v) is 12.0. The molecule has 0 saturated carbocycles. The van der Waals surface area contributed by atoms with Crippen LogP contribution in [0.5, 0.6) is 0 Å². The molecule has 1 aromatic heterocycles. The van der Waals surface area contributed by atoms with Crippen molar-refractivity contribution in [2.45, 2.75) is 29.4 Å². The minimum Gasteiger partial charge on any atom is -0.334 e. The number of piperazine rings is 1. The van der Waals surface area contributed by atoms with Gasteiger partial charge in [0.05, 0.1) is 29.7 Å². The van der Waals surface area contributed by atoms with Gasteiger partial charge in [0.25, 0.3) is 5.91 Å². The Hall–Kier alpha value is -3.90. The zero-order valence-electron chi connectivity index (χ0n) is 18.0. The van der Waals surface area contributed by atoms with Crippen molar-refractivity contribution < 1.29 is 14.4 Å². The third-order valence-electron chi connectivity index (χ3n) is 6.81. The molecule has 2 aromatic carbocycles. The topological polar surface area (TPSA) is 97.6 Å². The Balaban J connectivity index is 1.27. The van der Waals surface area contributed by atoms with Gasteiger partial charge >= 0.3 is 6.03 Å². The van der Waals surface area contributed by atoms with Crippen LogP contribution in [-0.2, 0) is 9.59 Å². The lowest BCUT2D eigenvalue weighted by Gasteiger charge is -2.34. The highest BCUT2D eigenvalue weighted by atomic mass is 32.2. The van der Waals surface area contributed by atoms with Crippen LogP contribution in [0.4, 0.5) is 10.5 Å². The van der Waals surface area contributed by atoms with Gasteiger partial charge in [0.15, 0.2) is 0 Å². The Morgan fingerprint density at radius 1 is 1.09 bits per heavy atom. The molecule has 3 fully saturated rings. The van der Waals surface area contributed by atoms with Gasteiger partial charge in [-0.2, -0.15) is 5.26 Å². The number of likely N-dealkylation sites (tertiary alicyclic amines) is 1. The van der Waals surface area contributed by atoms with Crippen molar-refractivity contribution >= 4 is 46.1 Å². The number of imide groups is 1. The number of thioether (sulfide) groups is 1. The number of anilines is 1. The number of carbonyl (C=O) groups excluding carboxylic acids is 3. The molecule has 3 aliphatic rings. The van der Waals surface area contributed by atoms with Crippen molar-refractivity contribution in [3.8, 4) is 6.07 Å². The molecule has 168 valence electrons. The maximum absolute atomic E-state index is 13.6. The summed E-state index contributed by atoms with van der Waals surface area (Å²) in [5.74, 6) is -0.0803. The fraction of sp³-hybridized carbons (Fsp3) is 0.240. The van der Waals surface area contributed by atoms with Crippen LogP contribution < -0.4 is 4.90 Å². The molecule has 3 aromatic rings. The van der Waals surface area contributed by atoms with Crippen LogP contribution in [0.15, 0.2) is 65.7 Å². The average molecular weight is 470 g/mol. The fourth-order valence-electron chi connectivity index (χ4n) is 5.36. The molecule has 3 atom stereocenters. The normalized spacial score (nSPS) is 23.0. The van der Waals surface area contributed by atoms with Crippen molar-refractivity contribution in [2.75, 3.05) is 17.2 Å². The van der Waals surface area contributed by atoms with E-state index in [-0.39, 0.29) is 41.4 Å². The number of benzene rings is 2. The van der Waals surface area contributed by atoms with E-state index in [2.05, 4.69) is 11.1 Å². The van der Waals surface area contributed by atoms with Gasteiger partial charge in [-0.15, -0.1) is 11.8 Å². The monoisotopic (exact) mass is 469 g/mol. The van der Waals surface area contributed by atoms with Crippen molar-refractivity contribution in [3.63, 3.8) is 0 Å². The molecule has 6 rings (SSSR count). The first-order valence-electron chi connectivity index (χ1n) is 11.0. The van der Waals surface area contributed by atoms with Gasteiger partial charge in [-0.1, -0.05) is 42.5 Å². The van der Waals surface area contributed by atoms with E-state index < -0.39 is 6.04 Å². The van der Waals surface area contributed by atoms with Crippen LogP contribution in [0.1, 0.15) is 12.1 Å². The summed E-state index contributed by atoms with van der Waals surface area (Å²) in [4.78, 5) is 49.8. The lowest BCUT2D eigenvalue weighted by molar-refractivity contribution is -0.133. The second-order valence-electron chi connectivity index (χ2n) is 8.56. The van der Waals surface area contributed by atoms with E-state index >= 15 is 0 Å². The maximum Gasteiger partial charge on any atom is 0.332 e. The summed E-state index contributed by atoms with van der Waals surface area (Å²) in [6.07, 6.45) is 2.03. The average Bonchev–Trinajstić information content (AvgIpc) is 3.54. The van der Waals surface area contributed by atoms with Crippen LogP contribution in [0.2, 0.25) is 0 Å². The van der Waals surface area contributed by atoms with Crippen LogP contribution in [-0.4, -0.2) is 63.1 Å². The summed E-state index contributed by atoms with van der Waals surface area (Å²) in [6.45, 7) is 0.439. The Kier molecular flexibility index (Phi) is 4.78. The predicted octanol–water partition coefficient (Wildman–Crippen LogP) is 3.02. The number of hydrogen-bond donors (Lipinski definition) is 0. The number of aromatic nitrogens is 1. The SMILES string of the molecule is N#Cc1ncc(N2C(=O)[C@@H]3[C@@H]4C[C@@H](CN4C(=O)CSc4ccccc4)N3C2=O)c2ccccc12. The molecule has 0 radical (unpaired) electrons. The van der Waals surface area contributed by atoms with Gasteiger partial charge in [0, 0.05) is 22.2 Å². The molecule has 0 aliphatic carbocycles. The number of pyridine rings is 1. The van der Waals surface area contributed by atoms with E-state index in [1.165, 1.54) is 22.9 Å². The number of urea groups is 1. The van der Waals surface area contributed by atoms with Gasteiger partial charge < -0.3 is 9.80 Å². The van der Waals surface area contributed by atoms with Crippen LogP contribution >= 0.6 is 11.8 Å². The largest absolute Gasteiger partial charge is 0.334 e. The molecule has 8 nitrogen and oxygen atoms in total. The molecule has 4 amide bonds. The number of nitrogens with zero attached hydrogens (tertiary/aromatic N) is 5. The fourth-order valence-corrected chi connectivity index (χ4v) is 6.16. The summed E-state index contributed by atoms with van der Waals surface area (Å²) in [5, 5.41) is 10.6. The molecule has 0 N–H and O–H groups in total. The number of nitriles is 1. The van der Waals surface area contributed by atoms with Crippen LogP contribution in [0.25, 0.3) is 10.8 Å². The van der Waals surface area contributed by atoms with Crippen molar-refractivity contribution in [1.82, 2.24) is 14.8 Å². The molecule has 3 aliphatic heterocycles. The molecule has 9 heteroatoms. The Morgan fingerprint density at radius 2 is 1.82 bits per heavy atom. The van der Waals surface area contributed by atoms with Gasteiger partial charge in [0.2, 0.25) is 5.91 Å². The van der Waals surface area contributed by atoms with E-state index in [1.807, 2.05) is 30.3 Å². The highest BCUT2D eigenvalue weighted by Gasteiger charge is 2.63. The molecule has 0 unspecified atom stereocenters. The molecule has 34 heavy (non-hydrogen) atoms. The standard InChI is InChI=1S/C25H19N5O3S/c26-11-19-17-8-4-5-9-18(17)21(12-27-19)30-24(32)23-20-10-15(29(23)25(30)33)13-28(20)22(31)14-34-16-6-2-1-3-7-16/h1-9,12,15,20,23H,10,13-14H2/t15-,20-,23-/m0/s1. The molecular formula is C25H19N5O3S. The quantitative estimate of drug-likeness (QED) is 0.430. The number of fused-ring (bicyclic) bond motifs is 6. The van der Waals surface area contributed by atoms with Gasteiger partial charge in [-0.25, -0.2) is 14.7 Å². The van der Waals surface area contributed by atoms with Crippen LogP contribution in [0.3, 0.4) is 0 Å². The molecule has 0 spiro atoms. The zero-order valence-corrected chi connectivity index (χ0v) is 18.8. The van der Waals surface area contributed by atoms with Crippen molar-refractivity contribution in [2.24, 2.45) is 0 Å². The summed E-state index contributed by atoms with van der Waals surface area (Å²) >= 11 is 1.47. The zero-order chi connectivity index (χ0) is 23.4. The third-order valence-corrected chi connectivity index (χ3v) is 7.81. The smallest absolute Gasteiger partial charge is 0.332 e. The summed E-state index contributed by atoms with van der Waals surface area (Å²) in [5.41, 5.74) is 0.614. The van der Waals surface area contributed by atoms with Gasteiger partial charge in [0.1, 0.15) is 17.8 Å². The second kappa shape index (κ2) is 7.85. The lowest BCUT2D eigenvalue weighted by Crippen LogP contribution is -2.55. The van der Waals surface area contributed by atoms with E-state index in [0.29, 0.717) is 29.4 Å². The summed E-state index contributed by atoms with van der Waals surface area (Å²) < 4.78 is 0. The number of hydrogen-bond acceptors (Lipinski definition) is 6. The number of carbonyl (C=O) groups is 3. The Morgan fingerprint density at radius 3 is 2.59 bits per heavy atom. The van der Waals surface area contributed by atoms with Crippen molar-refractivity contribution in [1.29, 1.82) is 5.26 Å². The summed E-state index contributed by atoms with van der Waals surface area (Å²) in [6, 6.07) is 17.3. The lowest BCUT2D eigenvalue weighted by atomic mass is 10.1. The minimum absolute atomic E-state index is 0.0230. The van der Waals surface area contributed by atoms with E-state index in [9.17, 15) is 19.6 Å². The molecular weight excluding hydrogens is 450 g/mol. The van der Waals surface area contributed by atoms with E-state index in [1.54, 1.807) is 34.1 Å². The minimum atomic E-state index is -0.689. The van der Waals surface area contributed by atoms with E-state index in [0.717, 1.165) is 4.90 Å². The van der Waals surface area contributed by atoms with Crippen LogP contribution in [0, 0.1) is 11.3 Å². The highest BCUT2D eigenvalue weighted by molar-refractivity contribution is 8.00. The third kappa shape index (κ3) is 2.99. The molecule has 4 heterocycles. The first kappa shape index (κ1) is 20.7. The Labute approximate surface area is 199 Å². The maximum atomic E-state index is 13.6. The van der Waals surface area contributed by atoms with Crippen molar-refractivity contribution in [3.05, 3.63) is 66.5 Å². The molecule has 2 bridgehead atoms. The predicted molar refractivity (Wildman–Crippen MR) is 126 cm³/mol. The second-order valence-corrected chi connectivity index (χ2v) is 9.61.